The van der Waals surface area contributed by atoms with E-state index in [1.807, 2.05) is 6.92 Å². The highest BCUT2D eigenvalue weighted by Gasteiger charge is 2.23. The predicted molar refractivity (Wildman–Crippen MR) is 86.5 cm³/mol. The van der Waals surface area contributed by atoms with E-state index in [2.05, 4.69) is 5.32 Å². The second-order valence-corrected chi connectivity index (χ2v) is 5.78. The molecule has 7 heteroatoms. The molecule has 0 amide bonds. The Morgan fingerprint density at radius 2 is 2.22 bits per heavy atom. The van der Waals surface area contributed by atoms with Crippen LogP contribution in [0.4, 0.5) is 15.8 Å². The van der Waals surface area contributed by atoms with Crippen LogP contribution in [-0.4, -0.2) is 21.7 Å². The van der Waals surface area contributed by atoms with Crippen molar-refractivity contribution in [1.29, 1.82) is 0 Å². The lowest BCUT2D eigenvalue weighted by Crippen LogP contribution is -2.28. The van der Waals surface area contributed by atoms with E-state index in [1.165, 1.54) is 12.3 Å². The van der Waals surface area contributed by atoms with Crippen LogP contribution in [0.2, 0.25) is 0 Å². The number of pyridine rings is 1. The van der Waals surface area contributed by atoms with Gasteiger partial charge in [0, 0.05) is 18.8 Å². The first-order chi connectivity index (χ1) is 10.9. The van der Waals surface area contributed by atoms with E-state index in [0.29, 0.717) is 12.1 Å². The van der Waals surface area contributed by atoms with E-state index in [9.17, 15) is 14.0 Å². The standard InChI is InChI=1S/C16H18FN3O3/c1-2-20-7-9(16(22)23)15(21)12-11(20)6-10(13(17)14(12)18)19-8-4-3-5-8/h6-8,19H,2-5,18H2,1H3,(H,22,23). The number of aryl methyl sites for hydroxylation is 1. The molecule has 3 rings (SSSR count). The lowest BCUT2D eigenvalue weighted by atomic mass is 9.93. The Bertz CT molecular complexity index is 856. The third kappa shape index (κ3) is 2.42. The van der Waals surface area contributed by atoms with Gasteiger partial charge in [-0.2, -0.15) is 0 Å². The van der Waals surface area contributed by atoms with Crippen molar-refractivity contribution in [1.82, 2.24) is 4.57 Å². The summed E-state index contributed by atoms with van der Waals surface area (Å²) in [7, 11) is 0. The van der Waals surface area contributed by atoms with Crippen LogP contribution in [0, 0.1) is 5.82 Å². The summed E-state index contributed by atoms with van der Waals surface area (Å²) in [6, 6.07) is 1.75. The summed E-state index contributed by atoms with van der Waals surface area (Å²) in [6.45, 7) is 2.25. The Hall–Kier alpha value is -2.57. The third-order valence-corrected chi connectivity index (χ3v) is 4.38. The van der Waals surface area contributed by atoms with E-state index >= 15 is 0 Å². The summed E-state index contributed by atoms with van der Waals surface area (Å²) in [5, 5.41) is 12.2. The van der Waals surface area contributed by atoms with E-state index < -0.39 is 22.8 Å². The molecule has 1 fully saturated rings. The summed E-state index contributed by atoms with van der Waals surface area (Å²) in [4.78, 5) is 23.6. The highest BCUT2D eigenvalue weighted by molar-refractivity contribution is 5.99. The van der Waals surface area contributed by atoms with Gasteiger partial charge in [0.25, 0.3) is 0 Å². The molecule has 6 nitrogen and oxygen atoms in total. The Balaban J connectivity index is 2.29. The molecule has 0 radical (unpaired) electrons. The van der Waals surface area contributed by atoms with Crippen LogP contribution >= 0.6 is 0 Å². The molecule has 1 aliphatic rings. The Morgan fingerprint density at radius 1 is 1.52 bits per heavy atom. The molecule has 1 saturated carbocycles. The van der Waals surface area contributed by atoms with E-state index in [-0.39, 0.29) is 22.8 Å². The average Bonchev–Trinajstić information content (AvgIpc) is 2.47. The maximum Gasteiger partial charge on any atom is 0.341 e. The van der Waals surface area contributed by atoms with Gasteiger partial charge in [0.1, 0.15) is 5.56 Å². The van der Waals surface area contributed by atoms with E-state index in [1.54, 1.807) is 4.57 Å². The van der Waals surface area contributed by atoms with Crippen molar-refractivity contribution in [3.63, 3.8) is 0 Å². The molecule has 0 spiro atoms. The zero-order valence-electron chi connectivity index (χ0n) is 12.7. The molecule has 1 heterocycles. The number of carbonyl (C=O) groups is 1. The molecule has 0 saturated heterocycles. The Morgan fingerprint density at radius 3 is 2.74 bits per heavy atom. The van der Waals surface area contributed by atoms with Crippen LogP contribution < -0.4 is 16.5 Å². The second kappa shape index (κ2) is 5.57. The maximum atomic E-state index is 14.5. The molecular weight excluding hydrogens is 301 g/mol. The number of benzene rings is 1. The maximum absolute atomic E-state index is 14.5. The number of anilines is 2. The van der Waals surface area contributed by atoms with Gasteiger partial charge in [0.2, 0.25) is 5.43 Å². The minimum absolute atomic E-state index is 0.0802. The number of nitrogens with two attached hydrogens (primary N) is 1. The minimum atomic E-state index is -1.35. The van der Waals surface area contributed by atoms with Gasteiger partial charge < -0.3 is 20.7 Å². The number of fused-ring (bicyclic) bond motifs is 1. The summed E-state index contributed by atoms with van der Waals surface area (Å²) in [6.07, 6.45) is 4.31. The Kier molecular flexibility index (Phi) is 3.71. The molecule has 0 atom stereocenters. The number of carboxylic acids is 1. The average molecular weight is 319 g/mol. The van der Waals surface area contributed by atoms with Crippen molar-refractivity contribution in [2.75, 3.05) is 11.1 Å². The molecule has 2 aromatic rings. The number of carboxylic acid groups (broad SMARTS) is 1. The first kappa shape index (κ1) is 15.3. The molecule has 0 aliphatic heterocycles. The zero-order chi connectivity index (χ0) is 16.7. The number of halogens is 1. The minimum Gasteiger partial charge on any atom is -0.477 e. The number of rotatable bonds is 4. The number of hydrogen-bond donors (Lipinski definition) is 3. The number of hydrogen-bond acceptors (Lipinski definition) is 4. The molecule has 0 unspecified atom stereocenters. The monoisotopic (exact) mass is 319 g/mol. The van der Waals surface area contributed by atoms with E-state index in [4.69, 9.17) is 10.8 Å². The number of nitrogen functional groups attached to an aromatic ring is 1. The summed E-state index contributed by atoms with van der Waals surface area (Å²) >= 11 is 0. The van der Waals surface area contributed by atoms with Crippen molar-refractivity contribution in [3.8, 4) is 0 Å². The van der Waals surface area contributed by atoms with Crippen LogP contribution in [0.25, 0.3) is 10.9 Å². The quantitative estimate of drug-likeness (QED) is 0.752. The highest BCUT2D eigenvalue weighted by atomic mass is 19.1. The summed E-state index contributed by atoms with van der Waals surface area (Å²) < 4.78 is 16.1. The van der Waals surface area contributed by atoms with Gasteiger partial charge in [-0.15, -0.1) is 0 Å². The van der Waals surface area contributed by atoms with Crippen LogP contribution in [0.15, 0.2) is 17.1 Å². The van der Waals surface area contributed by atoms with Gasteiger partial charge in [-0.1, -0.05) is 0 Å². The Labute approximate surface area is 131 Å². The zero-order valence-corrected chi connectivity index (χ0v) is 12.7. The largest absolute Gasteiger partial charge is 0.477 e. The van der Waals surface area contributed by atoms with Gasteiger partial charge in [0.15, 0.2) is 5.82 Å². The summed E-state index contributed by atoms with van der Waals surface area (Å²) in [5.74, 6) is -2.05. The second-order valence-electron chi connectivity index (χ2n) is 5.78. The fraction of sp³-hybridized carbons (Fsp3) is 0.375. The molecule has 0 bridgehead atoms. The number of nitrogens with one attached hydrogen (secondary N) is 1. The van der Waals surface area contributed by atoms with E-state index in [0.717, 1.165) is 19.3 Å². The van der Waals surface area contributed by atoms with Gasteiger partial charge in [0.05, 0.1) is 22.3 Å². The van der Waals surface area contributed by atoms with Crippen molar-refractivity contribution in [3.05, 3.63) is 33.9 Å². The summed E-state index contributed by atoms with van der Waals surface area (Å²) in [5.41, 5.74) is 5.04. The van der Waals surface area contributed by atoms with Gasteiger partial charge in [-0.25, -0.2) is 9.18 Å². The number of nitrogens with zero attached hydrogens (tertiary/aromatic N) is 1. The van der Waals surface area contributed by atoms with Gasteiger partial charge in [-0.05, 0) is 32.3 Å². The predicted octanol–water partition coefficient (Wildman–Crippen LogP) is 2.41. The first-order valence-electron chi connectivity index (χ1n) is 7.59. The molecule has 122 valence electrons. The van der Waals surface area contributed by atoms with Crippen molar-refractivity contribution >= 4 is 28.2 Å². The molecule has 1 aromatic heterocycles. The van der Waals surface area contributed by atoms with Crippen molar-refractivity contribution in [2.24, 2.45) is 0 Å². The SMILES string of the molecule is CCn1cc(C(=O)O)c(=O)c2c(N)c(F)c(NC3CCC3)cc21. The fourth-order valence-electron chi connectivity index (χ4n) is 2.84. The molecule has 1 aromatic carbocycles. The van der Waals surface area contributed by atoms with Gasteiger partial charge >= 0.3 is 5.97 Å². The lowest BCUT2D eigenvalue weighted by Gasteiger charge is -2.28. The topological polar surface area (TPSA) is 97.4 Å². The molecule has 1 aliphatic carbocycles. The molecular formula is C16H18FN3O3. The first-order valence-corrected chi connectivity index (χ1v) is 7.59. The van der Waals surface area contributed by atoms with Crippen molar-refractivity contribution in [2.45, 2.75) is 38.8 Å². The smallest absolute Gasteiger partial charge is 0.341 e. The van der Waals surface area contributed by atoms with Crippen LogP contribution in [-0.2, 0) is 6.54 Å². The van der Waals surface area contributed by atoms with Crippen LogP contribution in [0.5, 0.6) is 0 Å². The van der Waals surface area contributed by atoms with Crippen LogP contribution in [0.3, 0.4) is 0 Å². The molecule has 23 heavy (non-hydrogen) atoms. The number of aromatic carboxylic acids is 1. The normalized spacial score (nSPS) is 14.7. The third-order valence-electron chi connectivity index (χ3n) is 4.38. The number of aromatic nitrogens is 1. The van der Waals surface area contributed by atoms with Gasteiger partial charge in [-0.3, -0.25) is 4.79 Å². The van der Waals surface area contributed by atoms with Crippen LogP contribution in [0.1, 0.15) is 36.5 Å². The molecule has 4 N–H and O–H groups in total. The highest BCUT2D eigenvalue weighted by Crippen LogP contribution is 2.31. The van der Waals surface area contributed by atoms with Crippen molar-refractivity contribution < 1.29 is 14.3 Å². The fourth-order valence-corrected chi connectivity index (χ4v) is 2.84. The lowest BCUT2D eigenvalue weighted by molar-refractivity contribution is 0.0695.